The molecule has 0 aliphatic carbocycles. The van der Waals surface area contributed by atoms with Crippen molar-refractivity contribution in [3.05, 3.63) is 29.6 Å². The first-order valence-corrected chi connectivity index (χ1v) is 6.73. The number of ether oxygens (including phenoxy) is 2. The molecule has 1 saturated heterocycles. The summed E-state index contributed by atoms with van der Waals surface area (Å²) < 4.78 is 11.0. The summed E-state index contributed by atoms with van der Waals surface area (Å²) in [6.07, 6.45) is 2.39. The molecular weight excluding hydrogens is 228 g/mol. The minimum atomic E-state index is 0.244. The Labute approximate surface area is 109 Å². The van der Waals surface area contributed by atoms with Gasteiger partial charge in [-0.05, 0) is 31.5 Å². The minimum Gasteiger partial charge on any atom is -0.379 e. The van der Waals surface area contributed by atoms with Crippen molar-refractivity contribution < 1.29 is 9.47 Å². The molecule has 0 aromatic carbocycles. The van der Waals surface area contributed by atoms with Gasteiger partial charge in [0.15, 0.2) is 0 Å². The Morgan fingerprint density at radius 2 is 2.33 bits per heavy atom. The topological polar surface area (TPSA) is 43.4 Å². The Bertz CT molecular complexity index is 351. The number of hydrogen-bond acceptors (Lipinski definition) is 4. The Kier molecular flexibility index (Phi) is 5.58. The summed E-state index contributed by atoms with van der Waals surface area (Å²) >= 11 is 0. The zero-order valence-corrected chi connectivity index (χ0v) is 11.0. The number of pyridine rings is 1. The normalized spacial score (nSPS) is 19.3. The summed E-state index contributed by atoms with van der Waals surface area (Å²) in [4.78, 5) is 4.58. The Morgan fingerprint density at radius 3 is 3.11 bits per heavy atom. The van der Waals surface area contributed by atoms with Gasteiger partial charge >= 0.3 is 0 Å². The number of nitrogens with zero attached hydrogens (tertiary/aromatic N) is 1. The highest BCUT2D eigenvalue weighted by atomic mass is 16.5. The molecule has 1 aromatic heterocycles. The average Bonchev–Trinajstić information content (AvgIpc) is 2.90. The van der Waals surface area contributed by atoms with Gasteiger partial charge in [-0.1, -0.05) is 13.0 Å². The van der Waals surface area contributed by atoms with Crippen LogP contribution in [0.5, 0.6) is 0 Å². The van der Waals surface area contributed by atoms with Crippen molar-refractivity contribution in [3.63, 3.8) is 0 Å². The number of hydrogen-bond donors (Lipinski definition) is 1. The van der Waals surface area contributed by atoms with Crippen LogP contribution in [0.1, 0.15) is 31.2 Å². The summed E-state index contributed by atoms with van der Waals surface area (Å²) in [5.41, 5.74) is 2.07. The molecule has 1 aliphatic heterocycles. The van der Waals surface area contributed by atoms with E-state index in [0.717, 1.165) is 50.5 Å². The van der Waals surface area contributed by atoms with E-state index in [2.05, 4.69) is 17.2 Å². The number of nitrogens with one attached hydrogen (secondary N) is 1. The van der Waals surface area contributed by atoms with Crippen LogP contribution in [0.4, 0.5) is 0 Å². The summed E-state index contributed by atoms with van der Waals surface area (Å²) in [6.45, 7) is 6.14. The van der Waals surface area contributed by atoms with E-state index in [1.54, 1.807) is 0 Å². The molecule has 1 aliphatic rings. The molecule has 2 heterocycles. The van der Waals surface area contributed by atoms with Crippen molar-refractivity contribution in [2.24, 2.45) is 0 Å². The third-order valence-corrected chi connectivity index (χ3v) is 2.95. The van der Waals surface area contributed by atoms with Crippen LogP contribution < -0.4 is 5.32 Å². The van der Waals surface area contributed by atoms with Gasteiger partial charge < -0.3 is 14.8 Å². The SMILES string of the molecule is CCCNCc1cccc(COC2CCOC2)n1. The Morgan fingerprint density at radius 1 is 1.44 bits per heavy atom. The third-order valence-electron chi connectivity index (χ3n) is 2.95. The van der Waals surface area contributed by atoms with E-state index in [-0.39, 0.29) is 6.10 Å². The summed E-state index contributed by atoms with van der Waals surface area (Å²) in [7, 11) is 0. The van der Waals surface area contributed by atoms with Crippen LogP contribution in [0, 0.1) is 0 Å². The average molecular weight is 250 g/mol. The highest BCUT2D eigenvalue weighted by molar-refractivity contribution is 5.10. The fourth-order valence-corrected chi connectivity index (χ4v) is 1.95. The van der Waals surface area contributed by atoms with Crippen molar-refractivity contribution in [1.29, 1.82) is 0 Å². The highest BCUT2D eigenvalue weighted by Gasteiger charge is 2.15. The minimum absolute atomic E-state index is 0.244. The Balaban J connectivity index is 1.78. The quantitative estimate of drug-likeness (QED) is 0.750. The van der Waals surface area contributed by atoms with Gasteiger partial charge in [0.05, 0.1) is 30.7 Å². The first-order valence-electron chi connectivity index (χ1n) is 6.73. The summed E-state index contributed by atoms with van der Waals surface area (Å²) in [5.74, 6) is 0. The van der Waals surface area contributed by atoms with Crippen LogP contribution in [0.15, 0.2) is 18.2 Å². The van der Waals surface area contributed by atoms with E-state index in [1.165, 1.54) is 0 Å². The highest BCUT2D eigenvalue weighted by Crippen LogP contribution is 2.10. The number of rotatable bonds is 7. The zero-order valence-electron chi connectivity index (χ0n) is 11.0. The molecule has 0 bridgehead atoms. The van der Waals surface area contributed by atoms with Crippen molar-refractivity contribution in [1.82, 2.24) is 10.3 Å². The predicted octanol–water partition coefficient (Wildman–Crippen LogP) is 1.89. The lowest BCUT2D eigenvalue weighted by atomic mass is 10.3. The van der Waals surface area contributed by atoms with Crippen LogP contribution in [-0.4, -0.2) is 30.8 Å². The van der Waals surface area contributed by atoms with Gasteiger partial charge in [0.1, 0.15) is 0 Å². The van der Waals surface area contributed by atoms with Gasteiger partial charge in [0.25, 0.3) is 0 Å². The smallest absolute Gasteiger partial charge is 0.0892 e. The molecule has 0 saturated carbocycles. The molecule has 4 heteroatoms. The fourth-order valence-electron chi connectivity index (χ4n) is 1.95. The van der Waals surface area contributed by atoms with Crippen molar-refractivity contribution in [2.75, 3.05) is 19.8 Å². The molecule has 18 heavy (non-hydrogen) atoms. The largest absolute Gasteiger partial charge is 0.379 e. The van der Waals surface area contributed by atoms with E-state index in [9.17, 15) is 0 Å². The summed E-state index contributed by atoms with van der Waals surface area (Å²) in [5, 5.41) is 3.35. The first-order chi connectivity index (χ1) is 8.88. The maximum absolute atomic E-state index is 5.76. The van der Waals surface area contributed by atoms with E-state index in [0.29, 0.717) is 6.61 Å². The standard InChI is InChI=1S/C14H22N2O2/c1-2-7-15-9-12-4-3-5-13(16-12)10-18-14-6-8-17-11-14/h3-5,14-15H,2,6-11H2,1H3. The van der Waals surface area contributed by atoms with Crippen molar-refractivity contribution in [3.8, 4) is 0 Å². The molecule has 1 unspecified atom stereocenters. The predicted molar refractivity (Wildman–Crippen MR) is 70.2 cm³/mol. The first kappa shape index (κ1) is 13.5. The van der Waals surface area contributed by atoms with Crippen LogP contribution >= 0.6 is 0 Å². The molecule has 1 N–H and O–H groups in total. The second-order valence-corrected chi connectivity index (χ2v) is 4.59. The monoisotopic (exact) mass is 250 g/mol. The van der Waals surface area contributed by atoms with Gasteiger partial charge in [-0.2, -0.15) is 0 Å². The van der Waals surface area contributed by atoms with E-state index < -0.39 is 0 Å². The molecule has 1 fully saturated rings. The van der Waals surface area contributed by atoms with Crippen LogP contribution in [0.2, 0.25) is 0 Å². The molecule has 2 rings (SSSR count). The molecule has 4 nitrogen and oxygen atoms in total. The maximum Gasteiger partial charge on any atom is 0.0892 e. The molecule has 0 amide bonds. The third kappa shape index (κ3) is 4.37. The molecule has 1 aromatic rings. The molecule has 1 atom stereocenters. The van der Waals surface area contributed by atoms with E-state index >= 15 is 0 Å². The van der Waals surface area contributed by atoms with Crippen LogP contribution in [-0.2, 0) is 22.6 Å². The van der Waals surface area contributed by atoms with Crippen molar-refractivity contribution in [2.45, 2.75) is 39.0 Å². The van der Waals surface area contributed by atoms with Crippen LogP contribution in [0.3, 0.4) is 0 Å². The lowest BCUT2D eigenvalue weighted by Crippen LogP contribution is -2.16. The van der Waals surface area contributed by atoms with Gasteiger partial charge in [0.2, 0.25) is 0 Å². The number of aromatic nitrogens is 1. The lowest BCUT2D eigenvalue weighted by molar-refractivity contribution is 0.0301. The van der Waals surface area contributed by atoms with Gasteiger partial charge in [0, 0.05) is 13.2 Å². The second kappa shape index (κ2) is 7.46. The molecule has 0 radical (unpaired) electrons. The molecular formula is C14H22N2O2. The Hall–Kier alpha value is -0.970. The van der Waals surface area contributed by atoms with Crippen molar-refractivity contribution >= 4 is 0 Å². The lowest BCUT2D eigenvalue weighted by Gasteiger charge is -2.10. The van der Waals surface area contributed by atoms with Crippen LogP contribution in [0.25, 0.3) is 0 Å². The second-order valence-electron chi connectivity index (χ2n) is 4.59. The molecule has 100 valence electrons. The fraction of sp³-hybridized carbons (Fsp3) is 0.643. The van der Waals surface area contributed by atoms with Gasteiger partial charge in [-0.25, -0.2) is 0 Å². The van der Waals surface area contributed by atoms with E-state index in [1.807, 2.05) is 18.2 Å². The van der Waals surface area contributed by atoms with Gasteiger partial charge in [-0.3, -0.25) is 4.98 Å². The zero-order chi connectivity index (χ0) is 12.6. The maximum atomic E-state index is 5.76. The summed E-state index contributed by atoms with van der Waals surface area (Å²) in [6, 6.07) is 6.10. The molecule has 0 spiro atoms. The van der Waals surface area contributed by atoms with Gasteiger partial charge in [-0.15, -0.1) is 0 Å². The van der Waals surface area contributed by atoms with E-state index in [4.69, 9.17) is 9.47 Å².